The lowest BCUT2D eigenvalue weighted by atomic mass is 9.89. The van der Waals surface area contributed by atoms with Crippen molar-refractivity contribution in [3.05, 3.63) is 0 Å². The molecular weight excluding hydrogens is 746 g/mol. The molecule has 0 aromatic rings. The van der Waals surface area contributed by atoms with E-state index in [9.17, 15) is 14.4 Å². The molecule has 8 heteroatoms. The molecule has 346 valence electrons. The second-order valence-corrected chi connectivity index (χ2v) is 18.8. The predicted molar refractivity (Wildman–Crippen MR) is 241 cm³/mol. The summed E-state index contributed by atoms with van der Waals surface area (Å²) in [7, 11) is 6.21. The van der Waals surface area contributed by atoms with Crippen LogP contribution in [0.5, 0.6) is 0 Å². The lowest BCUT2D eigenvalue weighted by Gasteiger charge is -2.38. The summed E-state index contributed by atoms with van der Waals surface area (Å²) in [4.78, 5) is 39.0. The SMILES string of the molecule is CCCCCCCCCCCCCC(=O)OCC(COC(=O)CCCCCCCCCCCCC)(COC(=O)CCCCCCCCCCCCC)C[N+](C)(C)C.[Cl-]. The van der Waals surface area contributed by atoms with Crippen LogP contribution in [0.1, 0.15) is 252 Å². The van der Waals surface area contributed by atoms with E-state index in [1.54, 1.807) is 0 Å². The van der Waals surface area contributed by atoms with Crippen molar-refractivity contribution in [3.8, 4) is 0 Å². The summed E-state index contributed by atoms with van der Waals surface area (Å²) in [6.07, 6.45) is 41.7. The normalized spacial score (nSPS) is 11.7. The van der Waals surface area contributed by atoms with Gasteiger partial charge in [-0.2, -0.15) is 0 Å². The Morgan fingerprint density at radius 1 is 0.345 bits per heavy atom. The van der Waals surface area contributed by atoms with Crippen LogP contribution in [0.4, 0.5) is 0 Å². The van der Waals surface area contributed by atoms with E-state index in [2.05, 4.69) is 41.9 Å². The van der Waals surface area contributed by atoms with Gasteiger partial charge in [-0.3, -0.25) is 14.4 Å². The van der Waals surface area contributed by atoms with Gasteiger partial charge >= 0.3 is 17.9 Å². The van der Waals surface area contributed by atoms with Crippen LogP contribution in [0.15, 0.2) is 0 Å². The van der Waals surface area contributed by atoms with E-state index in [0.717, 1.165) is 57.8 Å². The Morgan fingerprint density at radius 3 is 0.724 bits per heavy atom. The van der Waals surface area contributed by atoms with E-state index in [4.69, 9.17) is 14.2 Å². The van der Waals surface area contributed by atoms with Crippen molar-refractivity contribution in [3.63, 3.8) is 0 Å². The highest BCUT2D eigenvalue weighted by Crippen LogP contribution is 2.25. The fraction of sp³-hybridized carbons (Fsp3) is 0.940. The summed E-state index contributed by atoms with van der Waals surface area (Å²) < 4.78 is 18.3. The van der Waals surface area contributed by atoms with Crippen molar-refractivity contribution in [2.24, 2.45) is 5.41 Å². The Bertz CT molecular complexity index is 820. The first-order valence-corrected chi connectivity index (χ1v) is 24.8. The maximum atomic E-state index is 13.0. The number of unbranched alkanes of at least 4 members (excludes halogenated alkanes) is 30. The van der Waals surface area contributed by atoms with Gasteiger partial charge in [-0.15, -0.1) is 0 Å². The van der Waals surface area contributed by atoms with Gasteiger partial charge in [0, 0.05) is 19.3 Å². The number of carbonyl (C=O) groups excluding carboxylic acids is 3. The van der Waals surface area contributed by atoms with Crippen LogP contribution >= 0.6 is 0 Å². The first-order valence-electron chi connectivity index (χ1n) is 24.8. The summed E-state index contributed by atoms with van der Waals surface area (Å²) in [6.45, 7) is 7.51. The molecule has 58 heavy (non-hydrogen) atoms. The number of halogens is 1. The molecule has 0 aromatic heterocycles. The topological polar surface area (TPSA) is 78.9 Å². The molecule has 0 bridgehead atoms. The molecule has 0 amide bonds. The molecule has 0 spiro atoms. The molecule has 0 saturated carbocycles. The second kappa shape index (κ2) is 42.4. The molecule has 0 radical (unpaired) electrons. The van der Waals surface area contributed by atoms with E-state index in [0.29, 0.717) is 30.3 Å². The van der Waals surface area contributed by atoms with E-state index >= 15 is 0 Å². The van der Waals surface area contributed by atoms with Gasteiger partial charge in [0.1, 0.15) is 25.2 Å². The summed E-state index contributed by atoms with van der Waals surface area (Å²) in [5.41, 5.74) is -0.815. The maximum absolute atomic E-state index is 13.0. The van der Waals surface area contributed by atoms with E-state index in [-0.39, 0.29) is 50.1 Å². The quantitative estimate of drug-likeness (QED) is 0.0263. The summed E-state index contributed by atoms with van der Waals surface area (Å²) >= 11 is 0. The average Bonchev–Trinajstić information content (AvgIpc) is 3.18. The van der Waals surface area contributed by atoms with Gasteiger partial charge in [-0.1, -0.05) is 213 Å². The van der Waals surface area contributed by atoms with Gasteiger partial charge < -0.3 is 31.1 Å². The number of hydrogen-bond donors (Lipinski definition) is 0. The first-order chi connectivity index (χ1) is 27.6. The summed E-state index contributed by atoms with van der Waals surface area (Å²) in [6, 6.07) is 0. The zero-order valence-corrected chi connectivity index (χ0v) is 40.3. The molecule has 0 atom stereocenters. The van der Waals surface area contributed by atoms with Gasteiger partial charge in [0.15, 0.2) is 0 Å². The molecule has 0 aliphatic carbocycles. The average molecular weight is 845 g/mol. The largest absolute Gasteiger partial charge is 1.00 e. The number of rotatable bonds is 44. The van der Waals surface area contributed by atoms with E-state index in [1.165, 1.54) is 154 Å². The lowest BCUT2D eigenvalue weighted by Crippen LogP contribution is -3.00. The van der Waals surface area contributed by atoms with Gasteiger partial charge in [0.05, 0.1) is 27.7 Å². The van der Waals surface area contributed by atoms with Crippen molar-refractivity contribution in [2.75, 3.05) is 47.5 Å². The molecule has 0 fully saturated rings. The van der Waals surface area contributed by atoms with Crippen molar-refractivity contribution in [2.45, 2.75) is 252 Å². The summed E-state index contributed by atoms with van der Waals surface area (Å²) in [5, 5.41) is 0. The maximum Gasteiger partial charge on any atom is 0.305 e. The monoisotopic (exact) mass is 844 g/mol. The van der Waals surface area contributed by atoms with Crippen LogP contribution < -0.4 is 12.4 Å². The van der Waals surface area contributed by atoms with Gasteiger partial charge in [-0.25, -0.2) is 0 Å². The molecule has 0 N–H and O–H groups in total. The number of hydrogen-bond acceptors (Lipinski definition) is 6. The number of esters is 3. The summed E-state index contributed by atoms with van der Waals surface area (Å²) in [5.74, 6) is -0.677. The number of carbonyl (C=O) groups is 3. The van der Waals surface area contributed by atoms with Crippen LogP contribution in [0.2, 0.25) is 0 Å². The van der Waals surface area contributed by atoms with Gasteiger partial charge in [-0.05, 0) is 19.3 Å². The van der Waals surface area contributed by atoms with Crippen LogP contribution in [0.3, 0.4) is 0 Å². The third-order valence-corrected chi connectivity index (χ3v) is 11.4. The van der Waals surface area contributed by atoms with Crippen molar-refractivity contribution in [1.29, 1.82) is 0 Å². The second-order valence-electron chi connectivity index (χ2n) is 18.8. The molecule has 0 saturated heterocycles. The highest BCUT2D eigenvalue weighted by molar-refractivity contribution is 5.70. The minimum absolute atomic E-state index is 0. The van der Waals surface area contributed by atoms with E-state index in [1.807, 2.05) is 0 Å². The Balaban J connectivity index is 0. The highest BCUT2D eigenvalue weighted by Gasteiger charge is 2.41. The van der Waals surface area contributed by atoms with Crippen LogP contribution in [0.25, 0.3) is 0 Å². The standard InChI is InChI=1S/C50H98NO6.ClH/c1-7-10-13-16-19-22-25-28-31-34-37-40-47(52)55-44-50(43-51(4,5)6,45-56-48(53)41-38-35-32-29-26-23-20-17-14-11-8-2)46-57-49(54)42-39-36-33-30-27-24-21-18-15-12-9-3;/h7-46H2,1-6H3;1H/q+1;/p-1. The number of nitrogens with zero attached hydrogens (tertiary/aromatic N) is 1. The Kier molecular flexibility index (Phi) is 42.9. The molecule has 0 rings (SSSR count). The fourth-order valence-corrected chi connectivity index (χ4v) is 7.99. The molecule has 7 nitrogen and oxygen atoms in total. The zero-order chi connectivity index (χ0) is 42.1. The fourth-order valence-electron chi connectivity index (χ4n) is 7.99. The lowest BCUT2D eigenvalue weighted by molar-refractivity contribution is -0.877. The minimum Gasteiger partial charge on any atom is -1.00 e. The van der Waals surface area contributed by atoms with Gasteiger partial charge in [0.25, 0.3) is 0 Å². The first kappa shape index (κ1) is 58.8. The molecule has 0 unspecified atom stereocenters. The molecule has 0 heterocycles. The predicted octanol–water partition coefficient (Wildman–Crippen LogP) is 11.4. The molecule has 0 aromatic carbocycles. The van der Waals surface area contributed by atoms with Crippen molar-refractivity contribution >= 4 is 17.9 Å². The number of ether oxygens (including phenoxy) is 3. The van der Waals surface area contributed by atoms with Crippen molar-refractivity contribution < 1.29 is 45.5 Å². The molecular formula is C50H98ClNO6. The van der Waals surface area contributed by atoms with Crippen LogP contribution in [-0.2, 0) is 28.6 Å². The van der Waals surface area contributed by atoms with Crippen LogP contribution in [-0.4, -0.2) is 69.9 Å². The van der Waals surface area contributed by atoms with E-state index < -0.39 is 5.41 Å². The minimum atomic E-state index is -0.815. The Morgan fingerprint density at radius 2 is 0.534 bits per heavy atom. The third-order valence-electron chi connectivity index (χ3n) is 11.4. The van der Waals surface area contributed by atoms with Crippen LogP contribution in [0, 0.1) is 5.41 Å². The number of quaternary nitrogens is 1. The van der Waals surface area contributed by atoms with Gasteiger partial charge in [0.2, 0.25) is 0 Å². The third kappa shape index (κ3) is 41.4. The Labute approximate surface area is 367 Å². The molecule has 0 aliphatic heterocycles. The Hall–Kier alpha value is -1.34. The highest BCUT2D eigenvalue weighted by atomic mass is 35.5. The molecule has 0 aliphatic rings. The zero-order valence-electron chi connectivity index (χ0n) is 39.6. The van der Waals surface area contributed by atoms with Crippen molar-refractivity contribution in [1.82, 2.24) is 0 Å². The smallest absolute Gasteiger partial charge is 0.305 e.